The fourth-order valence-electron chi connectivity index (χ4n) is 1.41. The van der Waals surface area contributed by atoms with Crippen LogP contribution in [0.2, 0.25) is 0 Å². The van der Waals surface area contributed by atoms with E-state index in [4.69, 9.17) is 4.74 Å². The quantitative estimate of drug-likeness (QED) is 0.665. The molecule has 0 aromatic carbocycles. The van der Waals surface area contributed by atoms with Gasteiger partial charge in [0.25, 0.3) is 0 Å². The van der Waals surface area contributed by atoms with Crippen molar-refractivity contribution in [3.8, 4) is 0 Å². The smallest absolute Gasteiger partial charge is 0.165 e. The van der Waals surface area contributed by atoms with Gasteiger partial charge in [-0.25, -0.2) is 4.68 Å². The topological polar surface area (TPSA) is 64.9 Å². The molecule has 6 nitrogen and oxygen atoms in total. The van der Waals surface area contributed by atoms with E-state index in [1.54, 1.807) is 0 Å². The largest absolute Gasteiger partial charge is 0.380 e. The summed E-state index contributed by atoms with van der Waals surface area (Å²) in [5, 5.41) is 15.0. The first-order valence-corrected chi connectivity index (χ1v) is 5.84. The molecule has 0 aliphatic carbocycles. The van der Waals surface area contributed by atoms with Crippen LogP contribution in [0.3, 0.4) is 0 Å². The van der Waals surface area contributed by atoms with Gasteiger partial charge in [-0.1, -0.05) is 6.92 Å². The van der Waals surface area contributed by atoms with Crippen molar-refractivity contribution in [3.63, 3.8) is 0 Å². The van der Waals surface area contributed by atoms with Gasteiger partial charge in [0.05, 0.1) is 19.2 Å². The van der Waals surface area contributed by atoms with E-state index >= 15 is 0 Å². The van der Waals surface area contributed by atoms with Gasteiger partial charge in [0.2, 0.25) is 0 Å². The van der Waals surface area contributed by atoms with Crippen LogP contribution in [-0.2, 0) is 11.3 Å². The Morgan fingerprint density at radius 3 is 2.94 bits per heavy atom. The van der Waals surface area contributed by atoms with Gasteiger partial charge in [0.1, 0.15) is 0 Å². The van der Waals surface area contributed by atoms with E-state index in [0.29, 0.717) is 13.2 Å². The summed E-state index contributed by atoms with van der Waals surface area (Å²) in [6.07, 6.45) is 1.11. The summed E-state index contributed by atoms with van der Waals surface area (Å²) >= 11 is 0. The molecule has 0 radical (unpaired) electrons. The van der Waals surface area contributed by atoms with Crippen LogP contribution in [0.1, 0.15) is 39.1 Å². The Kier molecular flexibility index (Phi) is 5.95. The highest BCUT2D eigenvalue weighted by Crippen LogP contribution is 2.06. The summed E-state index contributed by atoms with van der Waals surface area (Å²) in [6.45, 7) is 9.21. The predicted molar refractivity (Wildman–Crippen MR) is 61.0 cm³/mol. The molecule has 0 amide bonds. The number of aromatic nitrogens is 4. The fraction of sp³-hybridized carbons (Fsp3) is 0.900. The van der Waals surface area contributed by atoms with Crippen LogP contribution < -0.4 is 5.32 Å². The summed E-state index contributed by atoms with van der Waals surface area (Å²) in [5.74, 6) is 0.862. The lowest BCUT2D eigenvalue weighted by Gasteiger charge is -2.13. The van der Waals surface area contributed by atoms with Crippen LogP contribution in [0.5, 0.6) is 0 Å². The maximum Gasteiger partial charge on any atom is 0.165 e. The minimum absolute atomic E-state index is 0.174. The molecule has 0 fully saturated rings. The van der Waals surface area contributed by atoms with Gasteiger partial charge in [-0.05, 0) is 37.2 Å². The van der Waals surface area contributed by atoms with E-state index < -0.39 is 0 Å². The highest BCUT2D eigenvalue weighted by Gasteiger charge is 2.12. The number of tetrazole rings is 1. The van der Waals surface area contributed by atoms with E-state index in [9.17, 15) is 0 Å². The van der Waals surface area contributed by atoms with Gasteiger partial charge < -0.3 is 10.1 Å². The van der Waals surface area contributed by atoms with Crippen molar-refractivity contribution in [1.29, 1.82) is 0 Å². The zero-order chi connectivity index (χ0) is 11.8. The molecule has 1 aromatic heterocycles. The van der Waals surface area contributed by atoms with Gasteiger partial charge >= 0.3 is 0 Å². The first-order valence-electron chi connectivity index (χ1n) is 5.84. The summed E-state index contributed by atoms with van der Waals surface area (Å²) in [5.41, 5.74) is 0. The van der Waals surface area contributed by atoms with Crippen LogP contribution in [-0.4, -0.2) is 40.0 Å². The summed E-state index contributed by atoms with van der Waals surface area (Å²) < 4.78 is 7.18. The second kappa shape index (κ2) is 7.29. The second-order valence-electron chi connectivity index (χ2n) is 3.72. The molecule has 0 saturated heterocycles. The average Bonchev–Trinajstić information content (AvgIpc) is 2.74. The molecule has 6 heteroatoms. The van der Waals surface area contributed by atoms with E-state index in [1.807, 2.05) is 11.6 Å². The molecule has 1 aromatic rings. The van der Waals surface area contributed by atoms with E-state index in [2.05, 4.69) is 34.7 Å². The second-order valence-corrected chi connectivity index (χ2v) is 3.72. The van der Waals surface area contributed by atoms with Crippen molar-refractivity contribution in [2.75, 3.05) is 19.8 Å². The van der Waals surface area contributed by atoms with Crippen molar-refractivity contribution in [1.82, 2.24) is 25.5 Å². The third-order valence-corrected chi connectivity index (χ3v) is 2.25. The van der Waals surface area contributed by atoms with Gasteiger partial charge in [0, 0.05) is 6.61 Å². The summed E-state index contributed by atoms with van der Waals surface area (Å²) in [6, 6.07) is 0.174. The number of ether oxygens (including phenoxy) is 1. The Balaban J connectivity index is 2.48. The zero-order valence-electron chi connectivity index (χ0n) is 10.3. The molecule has 16 heavy (non-hydrogen) atoms. The first-order chi connectivity index (χ1) is 7.79. The summed E-state index contributed by atoms with van der Waals surface area (Å²) in [4.78, 5) is 0. The van der Waals surface area contributed by atoms with Crippen molar-refractivity contribution >= 4 is 0 Å². The van der Waals surface area contributed by atoms with Crippen molar-refractivity contribution in [3.05, 3.63) is 5.82 Å². The van der Waals surface area contributed by atoms with Crippen LogP contribution in [0, 0.1) is 0 Å². The minimum Gasteiger partial charge on any atom is -0.380 e. The monoisotopic (exact) mass is 227 g/mol. The molecule has 1 unspecified atom stereocenters. The van der Waals surface area contributed by atoms with E-state index in [-0.39, 0.29) is 6.04 Å². The molecule has 0 aliphatic rings. The maximum absolute atomic E-state index is 5.36. The number of rotatable bonds is 8. The van der Waals surface area contributed by atoms with Crippen molar-refractivity contribution in [2.24, 2.45) is 0 Å². The highest BCUT2D eigenvalue weighted by atomic mass is 16.5. The molecular weight excluding hydrogens is 206 g/mol. The molecule has 0 aliphatic heterocycles. The van der Waals surface area contributed by atoms with E-state index in [0.717, 1.165) is 25.4 Å². The van der Waals surface area contributed by atoms with Gasteiger partial charge in [-0.3, -0.25) is 0 Å². The Morgan fingerprint density at radius 2 is 2.25 bits per heavy atom. The lowest BCUT2D eigenvalue weighted by Crippen LogP contribution is -2.22. The van der Waals surface area contributed by atoms with Crippen molar-refractivity contribution < 1.29 is 4.74 Å². The molecule has 1 heterocycles. The van der Waals surface area contributed by atoms with Crippen LogP contribution in [0.4, 0.5) is 0 Å². The number of nitrogens with zero attached hydrogens (tertiary/aromatic N) is 4. The fourth-order valence-corrected chi connectivity index (χ4v) is 1.41. The molecular formula is C10H21N5O. The number of nitrogens with one attached hydrogen (secondary N) is 1. The maximum atomic E-state index is 5.36. The molecule has 92 valence electrons. The molecule has 0 spiro atoms. The average molecular weight is 227 g/mol. The SMILES string of the molecule is CCCNCc1nnnn1C(C)COCC. The minimum atomic E-state index is 0.174. The Labute approximate surface area is 96.4 Å². The molecule has 1 rings (SSSR count). The number of hydrogen-bond donors (Lipinski definition) is 1. The van der Waals surface area contributed by atoms with Crippen molar-refractivity contribution in [2.45, 2.75) is 39.8 Å². The summed E-state index contributed by atoms with van der Waals surface area (Å²) in [7, 11) is 0. The standard InChI is InChI=1S/C10H21N5O/c1-4-6-11-7-10-12-13-14-15(10)9(3)8-16-5-2/h9,11H,4-8H2,1-3H3. The van der Waals surface area contributed by atoms with Gasteiger partial charge in [0.15, 0.2) is 5.82 Å². The van der Waals surface area contributed by atoms with E-state index in [1.165, 1.54) is 0 Å². The third-order valence-electron chi connectivity index (χ3n) is 2.25. The molecule has 1 N–H and O–H groups in total. The Bertz CT molecular complexity index is 288. The third kappa shape index (κ3) is 3.86. The highest BCUT2D eigenvalue weighted by molar-refractivity contribution is 4.82. The lowest BCUT2D eigenvalue weighted by atomic mass is 10.3. The van der Waals surface area contributed by atoms with Gasteiger partial charge in [-0.2, -0.15) is 0 Å². The Morgan fingerprint density at radius 1 is 1.44 bits per heavy atom. The Hall–Kier alpha value is -1.01. The molecule has 0 bridgehead atoms. The lowest BCUT2D eigenvalue weighted by molar-refractivity contribution is 0.113. The van der Waals surface area contributed by atoms with Crippen LogP contribution in [0.15, 0.2) is 0 Å². The number of hydrogen-bond acceptors (Lipinski definition) is 5. The van der Waals surface area contributed by atoms with Crippen LogP contribution >= 0.6 is 0 Å². The normalized spacial score (nSPS) is 12.9. The molecule has 0 saturated carbocycles. The first kappa shape index (κ1) is 13.1. The predicted octanol–water partition coefficient (Wildman–Crippen LogP) is 0.770. The molecule has 1 atom stereocenters. The van der Waals surface area contributed by atoms with Gasteiger partial charge in [-0.15, -0.1) is 5.10 Å². The van der Waals surface area contributed by atoms with Crippen LogP contribution in [0.25, 0.3) is 0 Å². The zero-order valence-corrected chi connectivity index (χ0v) is 10.3.